The number of rotatable bonds is 9. The molecule has 1 aliphatic heterocycles. The van der Waals surface area contributed by atoms with Gasteiger partial charge in [0.15, 0.2) is 11.5 Å². The minimum absolute atomic E-state index is 0. The van der Waals surface area contributed by atoms with Crippen LogP contribution in [0.15, 0.2) is 18.2 Å². The highest BCUT2D eigenvalue weighted by atomic mass is 35.5. The predicted octanol–water partition coefficient (Wildman–Crippen LogP) is 3.72. The van der Waals surface area contributed by atoms with Gasteiger partial charge in [0, 0.05) is 6.54 Å². The summed E-state index contributed by atoms with van der Waals surface area (Å²) in [5, 5.41) is 0. The van der Waals surface area contributed by atoms with Gasteiger partial charge in [-0.05, 0) is 57.0 Å². The van der Waals surface area contributed by atoms with Crippen LogP contribution < -0.4 is 9.47 Å². The Morgan fingerprint density at radius 1 is 1.19 bits per heavy atom. The number of halogens is 1. The second kappa shape index (κ2) is 12.0. The van der Waals surface area contributed by atoms with E-state index in [1.807, 2.05) is 13.0 Å². The van der Waals surface area contributed by atoms with Gasteiger partial charge in [-0.2, -0.15) is 0 Å². The second-order valence-corrected chi connectivity index (χ2v) is 6.45. The number of esters is 1. The number of ether oxygens (including phenoxy) is 3. The molecule has 1 saturated heterocycles. The van der Waals surface area contributed by atoms with Crippen molar-refractivity contribution in [2.24, 2.45) is 5.92 Å². The molecule has 0 unspecified atom stereocenters. The Bertz CT molecular complexity index is 545. The third-order valence-electron chi connectivity index (χ3n) is 4.64. The summed E-state index contributed by atoms with van der Waals surface area (Å²) in [5.41, 5.74) is 1.27. The highest BCUT2D eigenvalue weighted by Crippen LogP contribution is 2.28. The first-order chi connectivity index (χ1) is 12.2. The summed E-state index contributed by atoms with van der Waals surface area (Å²) >= 11 is 0. The van der Waals surface area contributed by atoms with Crippen molar-refractivity contribution in [2.75, 3.05) is 40.0 Å². The predicted molar refractivity (Wildman–Crippen MR) is 106 cm³/mol. The van der Waals surface area contributed by atoms with Gasteiger partial charge in [0.2, 0.25) is 0 Å². The van der Waals surface area contributed by atoms with E-state index in [-0.39, 0.29) is 24.3 Å². The third kappa shape index (κ3) is 6.69. The minimum atomic E-state index is -0.0460. The number of likely N-dealkylation sites (tertiary alicyclic amines) is 1. The summed E-state index contributed by atoms with van der Waals surface area (Å²) in [6.07, 6.45) is 3.90. The maximum Gasteiger partial charge on any atom is 0.309 e. The molecule has 148 valence electrons. The van der Waals surface area contributed by atoms with E-state index in [1.54, 1.807) is 7.11 Å². The zero-order valence-corrected chi connectivity index (χ0v) is 17.0. The quantitative estimate of drug-likeness (QED) is 0.606. The van der Waals surface area contributed by atoms with Crippen LogP contribution in [0.1, 0.15) is 38.7 Å². The Morgan fingerprint density at radius 2 is 1.92 bits per heavy atom. The van der Waals surface area contributed by atoms with Gasteiger partial charge in [0.1, 0.15) is 6.61 Å². The highest BCUT2D eigenvalue weighted by molar-refractivity contribution is 5.85. The molecular weight excluding hydrogens is 354 g/mol. The number of piperidine rings is 1. The normalized spacial score (nSPS) is 15.2. The first kappa shape index (κ1) is 22.6. The van der Waals surface area contributed by atoms with Crippen molar-refractivity contribution in [2.45, 2.75) is 39.5 Å². The molecule has 1 aromatic carbocycles. The maximum atomic E-state index is 11.8. The van der Waals surface area contributed by atoms with E-state index in [2.05, 4.69) is 24.0 Å². The lowest BCUT2D eigenvalue weighted by Gasteiger charge is -2.30. The van der Waals surface area contributed by atoms with Crippen molar-refractivity contribution in [1.82, 2.24) is 4.90 Å². The first-order valence-corrected chi connectivity index (χ1v) is 9.36. The lowest BCUT2D eigenvalue weighted by molar-refractivity contribution is -0.149. The summed E-state index contributed by atoms with van der Waals surface area (Å²) in [5.74, 6) is 1.61. The summed E-state index contributed by atoms with van der Waals surface area (Å²) in [6, 6.07) is 6.16. The average molecular weight is 386 g/mol. The van der Waals surface area contributed by atoms with E-state index in [9.17, 15) is 4.79 Å². The van der Waals surface area contributed by atoms with E-state index in [0.29, 0.717) is 13.2 Å². The topological polar surface area (TPSA) is 48.0 Å². The van der Waals surface area contributed by atoms with Gasteiger partial charge >= 0.3 is 5.97 Å². The van der Waals surface area contributed by atoms with Crippen LogP contribution in [0.25, 0.3) is 0 Å². The van der Waals surface area contributed by atoms with E-state index < -0.39 is 0 Å². The fourth-order valence-corrected chi connectivity index (χ4v) is 3.21. The molecule has 2 rings (SSSR count). The van der Waals surface area contributed by atoms with Crippen LogP contribution >= 0.6 is 12.4 Å². The van der Waals surface area contributed by atoms with Crippen molar-refractivity contribution in [3.8, 4) is 11.5 Å². The van der Waals surface area contributed by atoms with E-state index in [1.165, 1.54) is 5.56 Å². The Labute approximate surface area is 163 Å². The van der Waals surface area contributed by atoms with Crippen molar-refractivity contribution in [1.29, 1.82) is 0 Å². The molecule has 6 heteroatoms. The molecular formula is C20H32ClNO4. The van der Waals surface area contributed by atoms with E-state index >= 15 is 0 Å². The van der Waals surface area contributed by atoms with Crippen LogP contribution in [0.3, 0.4) is 0 Å². The molecule has 0 saturated carbocycles. The molecule has 1 heterocycles. The Balaban J connectivity index is 0.00000338. The van der Waals surface area contributed by atoms with Crippen molar-refractivity contribution in [3.05, 3.63) is 23.8 Å². The van der Waals surface area contributed by atoms with E-state index in [4.69, 9.17) is 14.2 Å². The average Bonchev–Trinajstić information content (AvgIpc) is 2.63. The molecule has 0 aliphatic carbocycles. The van der Waals surface area contributed by atoms with Crippen LogP contribution in [-0.4, -0.2) is 50.8 Å². The number of aryl methyl sites for hydroxylation is 1. The smallest absolute Gasteiger partial charge is 0.309 e. The zero-order chi connectivity index (χ0) is 18.1. The Morgan fingerprint density at radius 3 is 2.54 bits per heavy atom. The van der Waals surface area contributed by atoms with Crippen molar-refractivity contribution >= 4 is 18.4 Å². The SMILES string of the molecule is CCCc1ccc(OCCN2CCC(C(=O)OCC)CC2)c(OC)c1.Cl. The lowest BCUT2D eigenvalue weighted by Crippen LogP contribution is -2.39. The molecule has 1 aliphatic rings. The molecule has 0 bridgehead atoms. The monoisotopic (exact) mass is 385 g/mol. The Hall–Kier alpha value is -1.46. The summed E-state index contributed by atoms with van der Waals surface area (Å²) in [4.78, 5) is 14.1. The highest BCUT2D eigenvalue weighted by Gasteiger charge is 2.25. The molecule has 0 spiro atoms. The van der Waals surface area contributed by atoms with Gasteiger partial charge < -0.3 is 14.2 Å². The Kier molecular flexibility index (Phi) is 10.4. The molecule has 0 radical (unpaired) electrons. The molecule has 26 heavy (non-hydrogen) atoms. The largest absolute Gasteiger partial charge is 0.493 e. The van der Waals surface area contributed by atoms with Crippen LogP contribution in [-0.2, 0) is 16.0 Å². The zero-order valence-electron chi connectivity index (χ0n) is 16.2. The van der Waals surface area contributed by atoms with Gasteiger partial charge in [-0.25, -0.2) is 0 Å². The second-order valence-electron chi connectivity index (χ2n) is 6.45. The third-order valence-corrected chi connectivity index (χ3v) is 4.64. The molecule has 1 aromatic rings. The van der Waals surface area contributed by atoms with Gasteiger partial charge in [0.25, 0.3) is 0 Å². The van der Waals surface area contributed by atoms with Gasteiger partial charge in [-0.15, -0.1) is 12.4 Å². The molecule has 0 N–H and O–H groups in total. The molecule has 5 nitrogen and oxygen atoms in total. The number of carbonyl (C=O) groups excluding carboxylic acids is 1. The van der Waals surface area contributed by atoms with Crippen LogP contribution in [0.5, 0.6) is 11.5 Å². The summed E-state index contributed by atoms with van der Waals surface area (Å²) < 4.78 is 16.5. The molecule has 0 amide bonds. The van der Waals surface area contributed by atoms with Gasteiger partial charge in [-0.3, -0.25) is 9.69 Å². The first-order valence-electron chi connectivity index (χ1n) is 9.36. The number of methoxy groups -OCH3 is 1. The molecule has 1 fully saturated rings. The van der Waals surface area contributed by atoms with Crippen molar-refractivity contribution in [3.63, 3.8) is 0 Å². The van der Waals surface area contributed by atoms with Crippen LogP contribution in [0.2, 0.25) is 0 Å². The number of benzene rings is 1. The van der Waals surface area contributed by atoms with Crippen LogP contribution in [0.4, 0.5) is 0 Å². The fourth-order valence-electron chi connectivity index (χ4n) is 3.21. The van der Waals surface area contributed by atoms with Gasteiger partial charge in [-0.1, -0.05) is 19.4 Å². The number of hydrogen-bond acceptors (Lipinski definition) is 5. The van der Waals surface area contributed by atoms with E-state index in [0.717, 1.165) is 56.8 Å². The van der Waals surface area contributed by atoms with Gasteiger partial charge in [0.05, 0.1) is 19.6 Å². The summed E-state index contributed by atoms with van der Waals surface area (Å²) in [7, 11) is 1.68. The summed E-state index contributed by atoms with van der Waals surface area (Å²) in [6.45, 7) is 7.79. The lowest BCUT2D eigenvalue weighted by atomic mass is 9.97. The fraction of sp³-hybridized carbons (Fsp3) is 0.650. The number of hydrogen-bond donors (Lipinski definition) is 0. The number of carbonyl (C=O) groups is 1. The molecule has 0 aromatic heterocycles. The minimum Gasteiger partial charge on any atom is -0.493 e. The van der Waals surface area contributed by atoms with Crippen LogP contribution in [0, 0.1) is 5.92 Å². The van der Waals surface area contributed by atoms with Crippen molar-refractivity contribution < 1.29 is 19.0 Å². The number of nitrogens with zero attached hydrogens (tertiary/aromatic N) is 1. The molecule has 0 atom stereocenters. The maximum absolute atomic E-state index is 11.8. The standard InChI is InChI=1S/C20H31NO4.ClH/c1-4-6-16-7-8-18(19(15-16)23-3)25-14-13-21-11-9-17(10-12-21)20(22)24-5-2;/h7-8,15,17H,4-6,9-14H2,1-3H3;1H.